The molecule has 1 unspecified atom stereocenters. The number of aliphatic hydroxyl groups excluding tert-OH is 1. The number of carbonyl (C=O) groups is 2. The first kappa shape index (κ1) is 21.1. The second-order valence-corrected chi connectivity index (χ2v) is 7.12. The van der Waals surface area contributed by atoms with Gasteiger partial charge in [0.1, 0.15) is 23.1 Å². The predicted octanol–water partition coefficient (Wildman–Crippen LogP) is 4.47. The summed E-state index contributed by atoms with van der Waals surface area (Å²) in [5.41, 5.74) is 0.577. The van der Waals surface area contributed by atoms with Crippen molar-refractivity contribution in [1.29, 1.82) is 0 Å². The number of ether oxygens (including phenoxy) is 2. The van der Waals surface area contributed by atoms with Crippen molar-refractivity contribution in [3.8, 4) is 11.5 Å². The van der Waals surface area contributed by atoms with E-state index >= 15 is 0 Å². The Hall–Kier alpha value is -4.13. The fraction of sp³-hybridized carbons (Fsp3) is 0.120. The maximum Gasteiger partial charge on any atom is 0.300 e. The number of nitrogens with zero attached hydrogens (tertiary/aromatic N) is 1. The van der Waals surface area contributed by atoms with Crippen molar-refractivity contribution in [2.75, 3.05) is 19.1 Å². The minimum Gasteiger partial charge on any atom is -0.507 e. The van der Waals surface area contributed by atoms with Gasteiger partial charge < -0.3 is 14.6 Å². The van der Waals surface area contributed by atoms with E-state index in [1.165, 1.54) is 37.3 Å². The van der Waals surface area contributed by atoms with Gasteiger partial charge in [0.15, 0.2) is 0 Å². The van der Waals surface area contributed by atoms with Gasteiger partial charge >= 0.3 is 0 Å². The molecule has 1 heterocycles. The smallest absolute Gasteiger partial charge is 0.300 e. The minimum atomic E-state index is -1.15. The molecule has 32 heavy (non-hydrogen) atoms. The Morgan fingerprint density at radius 1 is 0.875 bits per heavy atom. The summed E-state index contributed by atoms with van der Waals surface area (Å²) < 4.78 is 25.1. The summed E-state index contributed by atoms with van der Waals surface area (Å²) >= 11 is 0. The molecule has 4 rings (SSSR count). The zero-order valence-electron chi connectivity index (χ0n) is 17.4. The number of halogens is 1. The lowest BCUT2D eigenvalue weighted by molar-refractivity contribution is -0.132. The van der Waals surface area contributed by atoms with Crippen LogP contribution in [-0.4, -0.2) is 31.0 Å². The quantitative estimate of drug-likeness (QED) is 0.365. The van der Waals surface area contributed by atoms with Crippen LogP contribution >= 0.6 is 0 Å². The Kier molecular flexibility index (Phi) is 5.64. The molecule has 3 aromatic carbocycles. The number of Topliss-reactive ketones (excluding diaryl/α,β-unsaturated/α-hetero) is 1. The third-order valence-corrected chi connectivity index (χ3v) is 5.36. The van der Waals surface area contributed by atoms with Crippen LogP contribution in [0.4, 0.5) is 10.1 Å². The van der Waals surface area contributed by atoms with E-state index in [9.17, 15) is 19.1 Å². The molecule has 1 amide bonds. The van der Waals surface area contributed by atoms with Crippen LogP contribution in [0.1, 0.15) is 17.2 Å². The van der Waals surface area contributed by atoms with Crippen molar-refractivity contribution in [3.05, 3.63) is 95.3 Å². The molecule has 0 saturated carbocycles. The fourth-order valence-electron chi connectivity index (χ4n) is 3.74. The average Bonchev–Trinajstić information content (AvgIpc) is 3.09. The molecule has 1 saturated heterocycles. The van der Waals surface area contributed by atoms with Gasteiger partial charge in [-0.2, -0.15) is 0 Å². The molecule has 1 aliphatic rings. The number of methoxy groups -OCH3 is 2. The van der Waals surface area contributed by atoms with Crippen molar-refractivity contribution in [3.63, 3.8) is 0 Å². The first-order valence-electron chi connectivity index (χ1n) is 9.80. The van der Waals surface area contributed by atoms with Gasteiger partial charge in [-0.1, -0.05) is 18.2 Å². The van der Waals surface area contributed by atoms with Crippen LogP contribution in [0.3, 0.4) is 0 Å². The first-order valence-corrected chi connectivity index (χ1v) is 9.80. The fourth-order valence-corrected chi connectivity index (χ4v) is 3.74. The number of carbonyl (C=O) groups excluding carboxylic acids is 2. The summed E-state index contributed by atoms with van der Waals surface area (Å²) in [6.07, 6.45) is 0. The summed E-state index contributed by atoms with van der Waals surface area (Å²) in [7, 11) is 3.02. The average molecular weight is 433 g/mol. The number of rotatable bonds is 5. The number of aliphatic hydroxyl groups is 1. The van der Waals surface area contributed by atoms with E-state index in [-0.39, 0.29) is 11.1 Å². The van der Waals surface area contributed by atoms with Crippen LogP contribution in [0.2, 0.25) is 0 Å². The molecule has 1 fully saturated rings. The van der Waals surface area contributed by atoms with Crippen molar-refractivity contribution in [1.82, 2.24) is 0 Å². The molecule has 0 spiro atoms. The number of hydrogen-bond acceptors (Lipinski definition) is 5. The topological polar surface area (TPSA) is 76.1 Å². The number of ketones is 1. The molecular weight excluding hydrogens is 413 g/mol. The van der Waals surface area contributed by atoms with Crippen LogP contribution in [0.5, 0.6) is 11.5 Å². The van der Waals surface area contributed by atoms with Crippen molar-refractivity contribution < 1.29 is 28.6 Å². The molecule has 162 valence electrons. The van der Waals surface area contributed by atoms with E-state index in [1.807, 2.05) is 0 Å². The highest BCUT2D eigenvalue weighted by Crippen LogP contribution is 2.43. The highest BCUT2D eigenvalue weighted by atomic mass is 19.1. The van der Waals surface area contributed by atoms with E-state index < -0.39 is 29.3 Å². The summed E-state index contributed by atoms with van der Waals surface area (Å²) in [5.74, 6) is -1.63. The van der Waals surface area contributed by atoms with Crippen molar-refractivity contribution >= 4 is 23.1 Å². The van der Waals surface area contributed by atoms with E-state index in [2.05, 4.69) is 0 Å². The van der Waals surface area contributed by atoms with Gasteiger partial charge in [0, 0.05) is 16.8 Å². The highest BCUT2D eigenvalue weighted by molar-refractivity contribution is 6.51. The van der Waals surface area contributed by atoms with Gasteiger partial charge in [0.2, 0.25) is 0 Å². The zero-order valence-corrected chi connectivity index (χ0v) is 17.4. The Morgan fingerprint density at radius 2 is 1.44 bits per heavy atom. The zero-order chi connectivity index (χ0) is 22.8. The minimum absolute atomic E-state index is 0.0950. The Labute approximate surface area is 184 Å². The molecule has 0 aliphatic carbocycles. The van der Waals surface area contributed by atoms with Gasteiger partial charge in [-0.05, 0) is 54.6 Å². The molecule has 1 aliphatic heterocycles. The molecular formula is C25H20FNO5. The monoisotopic (exact) mass is 433 g/mol. The predicted molar refractivity (Wildman–Crippen MR) is 117 cm³/mol. The van der Waals surface area contributed by atoms with Gasteiger partial charge in [0.05, 0.1) is 25.8 Å². The van der Waals surface area contributed by atoms with Gasteiger partial charge in [-0.3, -0.25) is 14.5 Å². The van der Waals surface area contributed by atoms with Crippen molar-refractivity contribution in [2.24, 2.45) is 0 Å². The lowest BCUT2D eigenvalue weighted by Crippen LogP contribution is -2.29. The number of amides is 1. The van der Waals surface area contributed by atoms with E-state index in [1.54, 1.807) is 54.6 Å². The molecule has 0 radical (unpaired) electrons. The third kappa shape index (κ3) is 3.58. The molecule has 6 nitrogen and oxygen atoms in total. The second-order valence-electron chi connectivity index (χ2n) is 7.12. The molecule has 0 bridgehead atoms. The van der Waals surface area contributed by atoms with Crippen LogP contribution in [0, 0.1) is 5.82 Å². The Morgan fingerprint density at radius 3 is 2.00 bits per heavy atom. The third-order valence-electron chi connectivity index (χ3n) is 5.36. The second kappa shape index (κ2) is 8.55. The maximum atomic E-state index is 14.9. The molecule has 1 N–H and O–H groups in total. The Balaban J connectivity index is 1.92. The van der Waals surface area contributed by atoms with Gasteiger partial charge in [-0.15, -0.1) is 0 Å². The standard InChI is InChI=1S/C25H20FNO5/c1-31-17-11-7-15(8-12-17)23(28)21-22(19-5-3-4-6-20(19)26)27(25(30)24(21)29)16-9-13-18(32-2)14-10-16/h3-14,22,28H,1-2H3/b23-21+. The number of anilines is 1. The molecule has 3 aromatic rings. The SMILES string of the molecule is COc1ccc(/C(O)=C2\C(=O)C(=O)N(c3ccc(OC)cc3)C2c2ccccc2F)cc1. The molecule has 0 aromatic heterocycles. The Bertz CT molecular complexity index is 1200. The lowest BCUT2D eigenvalue weighted by Gasteiger charge is -2.25. The van der Waals surface area contributed by atoms with Crippen molar-refractivity contribution in [2.45, 2.75) is 6.04 Å². The van der Waals surface area contributed by atoms with Gasteiger partial charge in [-0.25, -0.2) is 4.39 Å². The summed E-state index contributed by atoms with van der Waals surface area (Å²) in [5, 5.41) is 11.0. The van der Waals surface area contributed by atoms with E-state index in [0.717, 1.165) is 0 Å². The van der Waals surface area contributed by atoms with Crippen LogP contribution in [-0.2, 0) is 9.59 Å². The van der Waals surface area contributed by atoms with Crippen LogP contribution < -0.4 is 14.4 Å². The highest BCUT2D eigenvalue weighted by Gasteiger charge is 2.47. The van der Waals surface area contributed by atoms with Crippen LogP contribution in [0.15, 0.2) is 78.4 Å². The summed E-state index contributed by atoms with van der Waals surface area (Å²) in [6, 6.07) is 17.6. The molecule has 1 atom stereocenters. The van der Waals surface area contributed by atoms with Gasteiger partial charge in [0.25, 0.3) is 11.7 Å². The summed E-state index contributed by atoms with van der Waals surface area (Å²) in [6.45, 7) is 0. The number of benzene rings is 3. The maximum absolute atomic E-state index is 14.9. The number of hydrogen-bond donors (Lipinski definition) is 1. The molecule has 7 heteroatoms. The largest absolute Gasteiger partial charge is 0.507 e. The normalized spacial score (nSPS) is 17.5. The first-order chi connectivity index (χ1) is 15.5. The lowest BCUT2D eigenvalue weighted by atomic mass is 9.94. The van der Waals surface area contributed by atoms with Crippen LogP contribution in [0.25, 0.3) is 5.76 Å². The van der Waals surface area contributed by atoms with E-state index in [4.69, 9.17) is 9.47 Å². The van der Waals surface area contributed by atoms with E-state index in [0.29, 0.717) is 22.7 Å². The summed E-state index contributed by atoms with van der Waals surface area (Å²) in [4.78, 5) is 27.3.